The number of nitrogens with zero attached hydrogens (tertiary/aromatic N) is 3. The molecule has 162 valence electrons. The van der Waals surface area contributed by atoms with E-state index in [0.717, 1.165) is 43.8 Å². The summed E-state index contributed by atoms with van der Waals surface area (Å²) in [4.78, 5) is 19.1. The van der Waals surface area contributed by atoms with Crippen molar-refractivity contribution in [1.82, 2.24) is 20.4 Å². The van der Waals surface area contributed by atoms with Gasteiger partial charge in [-0.05, 0) is 57.4 Å². The Morgan fingerprint density at radius 2 is 2.00 bits per heavy atom. The first-order valence-electron chi connectivity index (χ1n) is 10.7. The van der Waals surface area contributed by atoms with E-state index in [1.54, 1.807) is 7.11 Å². The number of piperidine rings is 1. The van der Waals surface area contributed by atoms with Crippen LogP contribution in [0.5, 0.6) is 5.75 Å². The molecule has 1 saturated heterocycles. The van der Waals surface area contributed by atoms with Crippen LogP contribution in [0.25, 0.3) is 11.4 Å². The van der Waals surface area contributed by atoms with Gasteiger partial charge >= 0.3 is 0 Å². The first kappa shape index (κ1) is 22.0. The molecule has 7 heteroatoms. The summed E-state index contributed by atoms with van der Waals surface area (Å²) in [5.74, 6) is 2.00. The third kappa shape index (κ3) is 6.69. The number of allylic oxidation sites excluding steroid dienone is 1. The fraction of sp³-hybridized carbons (Fsp3) is 0.522. The number of amides is 1. The van der Waals surface area contributed by atoms with E-state index >= 15 is 0 Å². The van der Waals surface area contributed by atoms with Gasteiger partial charge in [-0.25, -0.2) is 0 Å². The molecule has 1 aliphatic heterocycles. The quantitative estimate of drug-likeness (QED) is 0.634. The molecule has 30 heavy (non-hydrogen) atoms. The van der Waals surface area contributed by atoms with Gasteiger partial charge in [0.25, 0.3) is 0 Å². The van der Waals surface area contributed by atoms with Gasteiger partial charge in [-0.1, -0.05) is 16.8 Å². The topological polar surface area (TPSA) is 80.5 Å². The Bertz CT molecular complexity index is 832. The van der Waals surface area contributed by atoms with Gasteiger partial charge in [0.15, 0.2) is 0 Å². The second kappa shape index (κ2) is 10.9. The standard InChI is InChI=1S/C23H32N4O3/c1-17(2)11-14-27-15-12-19(13-16-27)24-21(28)5-4-6-22-25-23(26-30-22)18-7-9-20(29-3)10-8-18/h7-11,19H,4-6,12-16H2,1-3H3,(H,24,28). The summed E-state index contributed by atoms with van der Waals surface area (Å²) in [5, 5.41) is 7.20. The maximum atomic E-state index is 12.3. The van der Waals surface area contributed by atoms with Crippen LogP contribution in [-0.2, 0) is 11.2 Å². The SMILES string of the molecule is COc1ccc(-c2noc(CCCC(=O)NC3CCN(CC=C(C)C)CC3)n2)cc1. The van der Waals surface area contributed by atoms with Crippen molar-refractivity contribution in [3.63, 3.8) is 0 Å². The number of nitrogens with one attached hydrogen (secondary N) is 1. The second-order valence-corrected chi connectivity index (χ2v) is 8.02. The smallest absolute Gasteiger partial charge is 0.226 e. The molecule has 0 aliphatic carbocycles. The lowest BCUT2D eigenvalue weighted by Gasteiger charge is -2.31. The summed E-state index contributed by atoms with van der Waals surface area (Å²) in [6.07, 6.45) is 6.04. The van der Waals surface area contributed by atoms with E-state index in [4.69, 9.17) is 9.26 Å². The van der Waals surface area contributed by atoms with Crippen LogP contribution in [0.3, 0.4) is 0 Å². The predicted molar refractivity (Wildman–Crippen MR) is 116 cm³/mol. The number of ether oxygens (including phenoxy) is 1. The van der Waals surface area contributed by atoms with Crippen LogP contribution in [0.4, 0.5) is 0 Å². The lowest BCUT2D eigenvalue weighted by molar-refractivity contribution is -0.122. The number of carbonyl (C=O) groups is 1. The van der Waals surface area contributed by atoms with Crippen LogP contribution in [0.2, 0.25) is 0 Å². The zero-order valence-corrected chi connectivity index (χ0v) is 18.2. The highest BCUT2D eigenvalue weighted by atomic mass is 16.5. The second-order valence-electron chi connectivity index (χ2n) is 8.02. The molecule has 0 saturated carbocycles. The Balaban J connectivity index is 1.36. The van der Waals surface area contributed by atoms with E-state index < -0.39 is 0 Å². The molecule has 1 aliphatic rings. The Morgan fingerprint density at radius 3 is 2.67 bits per heavy atom. The number of aryl methyl sites for hydroxylation is 1. The number of hydrogen-bond donors (Lipinski definition) is 1. The van der Waals surface area contributed by atoms with E-state index in [2.05, 4.69) is 40.3 Å². The zero-order valence-electron chi connectivity index (χ0n) is 18.2. The largest absolute Gasteiger partial charge is 0.497 e. The van der Waals surface area contributed by atoms with Gasteiger partial charge in [-0.15, -0.1) is 0 Å². The Morgan fingerprint density at radius 1 is 1.27 bits per heavy atom. The normalized spacial score (nSPS) is 15.0. The lowest BCUT2D eigenvalue weighted by atomic mass is 10.0. The van der Waals surface area contributed by atoms with Gasteiger partial charge in [0.05, 0.1) is 7.11 Å². The molecular formula is C23H32N4O3. The maximum Gasteiger partial charge on any atom is 0.226 e. The van der Waals surface area contributed by atoms with Crippen LogP contribution < -0.4 is 10.1 Å². The third-order valence-electron chi connectivity index (χ3n) is 5.32. The molecule has 1 aromatic carbocycles. The van der Waals surface area contributed by atoms with E-state index in [1.807, 2.05) is 24.3 Å². The van der Waals surface area contributed by atoms with E-state index in [-0.39, 0.29) is 11.9 Å². The van der Waals surface area contributed by atoms with E-state index in [9.17, 15) is 4.79 Å². The van der Waals surface area contributed by atoms with Crippen molar-refractivity contribution < 1.29 is 14.1 Å². The van der Waals surface area contributed by atoms with Crippen molar-refractivity contribution in [2.24, 2.45) is 0 Å². The highest BCUT2D eigenvalue weighted by Gasteiger charge is 2.20. The molecule has 0 unspecified atom stereocenters. The van der Waals surface area contributed by atoms with E-state index in [1.165, 1.54) is 5.57 Å². The van der Waals surface area contributed by atoms with Crippen molar-refractivity contribution in [3.05, 3.63) is 41.8 Å². The first-order chi connectivity index (χ1) is 14.5. The molecule has 1 amide bonds. The summed E-state index contributed by atoms with van der Waals surface area (Å²) in [6.45, 7) is 7.32. The average Bonchev–Trinajstić information content (AvgIpc) is 3.22. The number of likely N-dealkylation sites (tertiary alicyclic amines) is 1. The first-order valence-corrected chi connectivity index (χ1v) is 10.7. The molecule has 1 fully saturated rings. The molecule has 0 atom stereocenters. The number of methoxy groups -OCH3 is 1. The van der Waals surface area contributed by atoms with Crippen LogP contribution in [0, 0.1) is 0 Å². The minimum absolute atomic E-state index is 0.104. The van der Waals surface area contributed by atoms with Crippen LogP contribution >= 0.6 is 0 Å². The number of rotatable bonds is 9. The number of hydrogen-bond acceptors (Lipinski definition) is 6. The fourth-order valence-electron chi connectivity index (χ4n) is 3.49. The monoisotopic (exact) mass is 412 g/mol. The molecule has 1 N–H and O–H groups in total. The Hall–Kier alpha value is -2.67. The molecule has 7 nitrogen and oxygen atoms in total. The van der Waals surface area contributed by atoms with Gasteiger partial charge in [0, 0.05) is 44.1 Å². The summed E-state index contributed by atoms with van der Waals surface area (Å²) in [5.41, 5.74) is 2.22. The van der Waals surface area contributed by atoms with Crippen molar-refractivity contribution in [1.29, 1.82) is 0 Å². The number of aromatic nitrogens is 2. The highest BCUT2D eigenvalue weighted by Crippen LogP contribution is 2.20. The van der Waals surface area contributed by atoms with Gasteiger partial charge in [-0.2, -0.15) is 4.98 Å². The summed E-state index contributed by atoms with van der Waals surface area (Å²) < 4.78 is 10.5. The molecule has 2 aromatic rings. The molecule has 2 heterocycles. The number of carbonyl (C=O) groups excluding carboxylic acids is 1. The molecule has 0 bridgehead atoms. The minimum atomic E-state index is 0.104. The molecule has 1 aromatic heterocycles. The molecular weight excluding hydrogens is 380 g/mol. The van der Waals surface area contributed by atoms with Crippen LogP contribution in [0.1, 0.15) is 45.4 Å². The Kier molecular flexibility index (Phi) is 8.02. The van der Waals surface area contributed by atoms with Crippen LogP contribution in [0.15, 0.2) is 40.4 Å². The zero-order chi connectivity index (χ0) is 21.3. The lowest BCUT2D eigenvalue weighted by Crippen LogP contribution is -2.44. The van der Waals surface area contributed by atoms with Crippen molar-refractivity contribution in [2.45, 2.75) is 52.0 Å². The van der Waals surface area contributed by atoms with Crippen molar-refractivity contribution in [2.75, 3.05) is 26.7 Å². The van der Waals surface area contributed by atoms with Crippen molar-refractivity contribution in [3.8, 4) is 17.1 Å². The summed E-state index contributed by atoms with van der Waals surface area (Å²) in [7, 11) is 1.63. The third-order valence-corrected chi connectivity index (χ3v) is 5.32. The Labute approximate surface area is 178 Å². The predicted octanol–water partition coefficient (Wildman–Crippen LogP) is 3.61. The van der Waals surface area contributed by atoms with Gasteiger partial charge in [0.2, 0.25) is 17.6 Å². The highest BCUT2D eigenvalue weighted by molar-refractivity contribution is 5.76. The fourth-order valence-corrected chi connectivity index (χ4v) is 3.49. The average molecular weight is 413 g/mol. The minimum Gasteiger partial charge on any atom is -0.497 e. The molecule has 0 spiro atoms. The summed E-state index contributed by atoms with van der Waals surface area (Å²) in [6, 6.07) is 7.80. The molecule has 3 rings (SSSR count). The van der Waals surface area contributed by atoms with Crippen molar-refractivity contribution >= 4 is 5.91 Å². The van der Waals surface area contributed by atoms with Gasteiger partial charge in [0.1, 0.15) is 5.75 Å². The number of benzene rings is 1. The molecule has 0 radical (unpaired) electrons. The summed E-state index contributed by atoms with van der Waals surface area (Å²) >= 11 is 0. The van der Waals surface area contributed by atoms with Gasteiger partial charge in [-0.3, -0.25) is 9.69 Å². The van der Waals surface area contributed by atoms with E-state index in [0.29, 0.717) is 31.0 Å². The van der Waals surface area contributed by atoms with Gasteiger partial charge < -0.3 is 14.6 Å². The van der Waals surface area contributed by atoms with Crippen LogP contribution in [-0.4, -0.2) is 53.7 Å². The maximum absolute atomic E-state index is 12.3.